The molecule has 1 atom stereocenters. The van der Waals surface area contributed by atoms with Crippen molar-refractivity contribution in [1.29, 1.82) is 0 Å². The molecule has 0 aliphatic carbocycles. The van der Waals surface area contributed by atoms with Crippen molar-refractivity contribution in [2.24, 2.45) is 0 Å². The molecule has 100 valence electrons. The maximum atomic E-state index is 10.9. The van der Waals surface area contributed by atoms with Crippen molar-refractivity contribution >= 4 is 17.3 Å². The first-order chi connectivity index (χ1) is 9.29. The van der Waals surface area contributed by atoms with E-state index in [4.69, 9.17) is 13.9 Å². The van der Waals surface area contributed by atoms with Crippen molar-refractivity contribution in [2.45, 2.75) is 32.5 Å². The molecule has 0 N–H and O–H groups in total. The Hall–Kier alpha value is -1.81. The van der Waals surface area contributed by atoms with Gasteiger partial charge in [0.25, 0.3) is 0 Å². The highest BCUT2D eigenvalue weighted by Crippen LogP contribution is 2.33. The quantitative estimate of drug-likeness (QED) is 0.793. The summed E-state index contributed by atoms with van der Waals surface area (Å²) in [5.41, 5.74) is 1.49. The van der Waals surface area contributed by atoms with E-state index in [1.54, 1.807) is 0 Å². The Labute approximate surface area is 111 Å². The molecule has 0 spiro atoms. The summed E-state index contributed by atoms with van der Waals surface area (Å²) in [5, 5.41) is 0.860. The van der Waals surface area contributed by atoms with Crippen LogP contribution in [0, 0.1) is 6.92 Å². The van der Waals surface area contributed by atoms with E-state index in [-0.39, 0.29) is 6.29 Å². The fourth-order valence-electron chi connectivity index (χ4n) is 2.44. The molecule has 2 aromatic rings. The average molecular weight is 260 g/mol. The maximum absolute atomic E-state index is 10.9. The number of aldehydes is 1. The Morgan fingerprint density at radius 1 is 1.37 bits per heavy atom. The van der Waals surface area contributed by atoms with Crippen LogP contribution >= 0.6 is 0 Å². The van der Waals surface area contributed by atoms with Crippen molar-refractivity contribution in [1.82, 2.24) is 0 Å². The van der Waals surface area contributed by atoms with Gasteiger partial charge < -0.3 is 13.9 Å². The first kappa shape index (κ1) is 12.2. The largest absolute Gasteiger partial charge is 0.464 e. The lowest BCUT2D eigenvalue weighted by Gasteiger charge is -2.23. The fraction of sp³-hybridized carbons (Fsp3) is 0.400. The molecule has 1 saturated heterocycles. The van der Waals surface area contributed by atoms with Crippen molar-refractivity contribution in [3.63, 3.8) is 0 Å². The van der Waals surface area contributed by atoms with Crippen LogP contribution in [0.3, 0.4) is 0 Å². The minimum absolute atomic E-state index is 0.201. The van der Waals surface area contributed by atoms with Gasteiger partial charge in [0, 0.05) is 12.0 Å². The lowest BCUT2D eigenvalue weighted by Crippen LogP contribution is -2.25. The third kappa shape index (κ3) is 2.24. The van der Waals surface area contributed by atoms with Gasteiger partial charge in [0.05, 0.1) is 12.0 Å². The second-order valence-corrected chi connectivity index (χ2v) is 4.75. The number of furan rings is 1. The Kier molecular flexibility index (Phi) is 3.25. The second kappa shape index (κ2) is 5.05. The summed E-state index contributed by atoms with van der Waals surface area (Å²) in [4.78, 5) is 10.9. The highest BCUT2D eigenvalue weighted by molar-refractivity contribution is 5.93. The summed E-state index contributed by atoms with van der Waals surface area (Å²) in [6.45, 7) is 2.61. The van der Waals surface area contributed by atoms with Crippen LogP contribution in [0.25, 0.3) is 11.0 Å². The Morgan fingerprint density at radius 3 is 3.00 bits per heavy atom. The van der Waals surface area contributed by atoms with E-state index in [9.17, 15) is 4.79 Å². The summed E-state index contributed by atoms with van der Waals surface area (Å²) in [6, 6.07) is 5.58. The molecule has 2 heterocycles. The number of hydrogen-bond acceptors (Lipinski definition) is 4. The first-order valence-electron chi connectivity index (χ1n) is 6.55. The number of fused-ring (bicyclic) bond motifs is 1. The molecule has 4 heteroatoms. The fourth-order valence-corrected chi connectivity index (χ4v) is 2.44. The van der Waals surface area contributed by atoms with Gasteiger partial charge in [-0.25, -0.2) is 0 Å². The molecule has 3 rings (SSSR count). The normalized spacial score (nSPS) is 19.5. The van der Waals surface area contributed by atoms with Crippen LogP contribution in [0.2, 0.25) is 0 Å². The molecule has 0 bridgehead atoms. The third-order valence-corrected chi connectivity index (χ3v) is 3.46. The summed E-state index contributed by atoms with van der Waals surface area (Å²) in [6.07, 6.45) is 3.63. The zero-order valence-corrected chi connectivity index (χ0v) is 10.8. The summed E-state index contributed by atoms with van der Waals surface area (Å²) >= 11 is 0. The van der Waals surface area contributed by atoms with E-state index in [0.29, 0.717) is 11.3 Å². The standard InChI is InChI=1S/C15H16O4/c1-10-13(9-16)18-11-5-4-6-12(15(10)11)19-14-7-2-3-8-17-14/h4-6,9,14H,2-3,7-8H2,1H3. The van der Waals surface area contributed by atoms with E-state index in [1.807, 2.05) is 25.1 Å². The molecule has 1 unspecified atom stereocenters. The van der Waals surface area contributed by atoms with Crippen LogP contribution in [-0.2, 0) is 4.74 Å². The molecule has 1 aliphatic rings. The van der Waals surface area contributed by atoms with Crippen LogP contribution < -0.4 is 4.74 Å². The van der Waals surface area contributed by atoms with Gasteiger partial charge in [-0.05, 0) is 31.9 Å². The predicted octanol–water partition coefficient (Wildman–Crippen LogP) is 3.46. The van der Waals surface area contributed by atoms with Gasteiger partial charge in [0.2, 0.25) is 0 Å². The summed E-state index contributed by atoms with van der Waals surface area (Å²) in [7, 11) is 0. The highest BCUT2D eigenvalue weighted by atomic mass is 16.7. The van der Waals surface area contributed by atoms with E-state index in [0.717, 1.165) is 48.9 Å². The molecule has 19 heavy (non-hydrogen) atoms. The van der Waals surface area contributed by atoms with Crippen LogP contribution in [0.15, 0.2) is 22.6 Å². The molecule has 1 aromatic heterocycles. The Bertz CT molecular complexity index is 593. The SMILES string of the molecule is Cc1c(C=O)oc2cccc(OC3CCCCO3)c12. The molecule has 0 radical (unpaired) electrons. The minimum Gasteiger partial charge on any atom is -0.464 e. The zero-order chi connectivity index (χ0) is 13.2. The maximum Gasteiger partial charge on any atom is 0.199 e. The second-order valence-electron chi connectivity index (χ2n) is 4.75. The number of carbonyl (C=O) groups excluding carboxylic acids is 1. The zero-order valence-electron chi connectivity index (χ0n) is 10.8. The van der Waals surface area contributed by atoms with E-state index >= 15 is 0 Å². The molecular formula is C15H16O4. The lowest BCUT2D eigenvalue weighted by molar-refractivity contribution is -0.105. The number of benzene rings is 1. The van der Waals surface area contributed by atoms with Crippen molar-refractivity contribution in [2.75, 3.05) is 6.61 Å². The van der Waals surface area contributed by atoms with Crippen LogP contribution in [-0.4, -0.2) is 19.2 Å². The first-order valence-corrected chi connectivity index (χ1v) is 6.55. The molecule has 1 aromatic carbocycles. The van der Waals surface area contributed by atoms with Gasteiger partial charge >= 0.3 is 0 Å². The van der Waals surface area contributed by atoms with Gasteiger partial charge in [-0.1, -0.05) is 6.07 Å². The molecular weight excluding hydrogens is 244 g/mol. The van der Waals surface area contributed by atoms with Crippen LogP contribution in [0.5, 0.6) is 5.75 Å². The van der Waals surface area contributed by atoms with Crippen molar-refractivity contribution in [3.8, 4) is 5.75 Å². The lowest BCUT2D eigenvalue weighted by atomic mass is 10.1. The van der Waals surface area contributed by atoms with Gasteiger partial charge in [0.1, 0.15) is 11.3 Å². The Morgan fingerprint density at radius 2 is 2.26 bits per heavy atom. The topological polar surface area (TPSA) is 48.7 Å². The van der Waals surface area contributed by atoms with Gasteiger partial charge in [-0.15, -0.1) is 0 Å². The van der Waals surface area contributed by atoms with Crippen molar-refractivity contribution < 1.29 is 18.7 Å². The third-order valence-electron chi connectivity index (χ3n) is 3.46. The van der Waals surface area contributed by atoms with Gasteiger partial charge in [-0.3, -0.25) is 4.79 Å². The minimum atomic E-state index is -0.201. The highest BCUT2D eigenvalue weighted by Gasteiger charge is 2.19. The van der Waals surface area contributed by atoms with E-state index in [1.165, 1.54) is 0 Å². The number of ether oxygens (including phenoxy) is 2. The van der Waals surface area contributed by atoms with Gasteiger partial charge in [-0.2, -0.15) is 0 Å². The monoisotopic (exact) mass is 260 g/mol. The summed E-state index contributed by atoms with van der Waals surface area (Å²) in [5.74, 6) is 1.08. The summed E-state index contributed by atoms with van der Waals surface area (Å²) < 4.78 is 17.0. The van der Waals surface area contributed by atoms with Gasteiger partial charge in [0.15, 0.2) is 18.3 Å². The predicted molar refractivity (Wildman–Crippen MR) is 70.6 cm³/mol. The number of rotatable bonds is 3. The van der Waals surface area contributed by atoms with Crippen molar-refractivity contribution in [3.05, 3.63) is 29.5 Å². The van der Waals surface area contributed by atoms with E-state index in [2.05, 4.69) is 0 Å². The number of aryl methyl sites for hydroxylation is 1. The molecule has 0 saturated carbocycles. The van der Waals surface area contributed by atoms with Crippen LogP contribution in [0.1, 0.15) is 35.4 Å². The number of carbonyl (C=O) groups is 1. The van der Waals surface area contributed by atoms with Crippen LogP contribution in [0.4, 0.5) is 0 Å². The Balaban J connectivity index is 1.98. The molecule has 0 amide bonds. The number of hydrogen-bond donors (Lipinski definition) is 0. The molecule has 1 aliphatic heterocycles. The van der Waals surface area contributed by atoms with E-state index < -0.39 is 0 Å². The molecule has 1 fully saturated rings. The molecule has 4 nitrogen and oxygen atoms in total. The average Bonchev–Trinajstić information content (AvgIpc) is 2.78. The smallest absolute Gasteiger partial charge is 0.199 e.